The van der Waals surface area contributed by atoms with E-state index in [0.29, 0.717) is 17.0 Å². The fourth-order valence-corrected chi connectivity index (χ4v) is 2.54. The van der Waals surface area contributed by atoms with Crippen molar-refractivity contribution in [3.63, 3.8) is 0 Å². The monoisotopic (exact) mass is 404 g/mol. The summed E-state index contributed by atoms with van der Waals surface area (Å²) < 4.78 is 23.6. The predicted octanol–water partition coefficient (Wildman–Crippen LogP) is 4.07. The van der Waals surface area contributed by atoms with Gasteiger partial charge < -0.3 is 14.8 Å². The van der Waals surface area contributed by atoms with Crippen LogP contribution in [0, 0.1) is 17.1 Å². The smallest absolute Gasteiger partial charge is 0.338 e. The Morgan fingerprint density at radius 1 is 1.00 bits per heavy atom. The average molecular weight is 404 g/mol. The quantitative estimate of drug-likeness (QED) is 0.600. The van der Waals surface area contributed by atoms with Gasteiger partial charge in [-0.25, -0.2) is 9.18 Å². The van der Waals surface area contributed by atoms with Crippen LogP contribution in [0.4, 0.5) is 10.1 Å². The lowest BCUT2D eigenvalue weighted by molar-refractivity contribution is -0.119. The van der Waals surface area contributed by atoms with Crippen molar-refractivity contribution in [1.82, 2.24) is 0 Å². The number of nitrogens with zero attached hydrogens (tertiary/aromatic N) is 1. The zero-order chi connectivity index (χ0) is 21.3. The molecule has 0 fully saturated rings. The van der Waals surface area contributed by atoms with Gasteiger partial charge in [-0.15, -0.1) is 0 Å². The van der Waals surface area contributed by atoms with Crippen LogP contribution in [0.3, 0.4) is 0 Å². The molecule has 3 aromatic carbocycles. The lowest BCUT2D eigenvalue weighted by Gasteiger charge is -2.09. The highest BCUT2D eigenvalue weighted by atomic mass is 19.1. The number of esters is 1. The largest absolute Gasteiger partial charge is 0.489 e. The van der Waals surface area contributed by atoms with Gasteiger partial charge in [0.05, 0.1) is 17.2 Å². The van der Waals surface area contributed by atoms with Gasteiger partial charge in [0.2, 0.25) is 0 Å². The Hall–Kier alpha value is -4.18. The second-order valence-electron chi connectivity index (χ2n) is 6.26. The maximum Gasteiger partial charge on any atom is 0.338 e. The second kappa shape index (κ2) is 9.85. The normalized spacial score (nSPS) is 10.0. The molecule has 0 atom stereocenters. The second-order valence-corrected chi connectivity index (χ2v) is 6.26. The fourth-order valence-electron chi connectivity index (χ4n) is 2.54. The van der Waals surface area contributed by atoms with E-state index in [2.05, 4.69) is 5.32 Å². The Balaban J connectivity index is 1.52. The summed E-state index contributed by atoms with van der Waals surface area (Å²) in [6, 6.07) is 20.6. The van der Waals surface area contributed by atoms with E-state index in [4.69, 9.17) is 14.7 Å². The number of hydrogen-bond donors (Lipinski definition) is 1. The van der Waals surface area contributed by atoms with E-state index in [0.717, 1.165) is 5.56 Å². The minimum Gasteiger partial charge on any atom is -0.489 e. The van der Waals surface area contributed by atoms with Crippen LogP contribution in [0.15, 0.2) is 72.8 Å². The van der Waals surface area contributed by atoms with Gasteiger partial charge in [-0.3, -0.25) is 4.79 Å². The predicted molar refractivity (Wildman–Crippen MR) is 107 cm³/mol. The highest BCUT2D eigenvalue weighted by Gasteiger charge is 2.12. The van der Waals surface area contributed by atoms with Crippen LogP contribution in [-0.4, -0.2) is 18.5 Å². The van der Waals surface area contributed by atoms with Crippen LogP contribution in [0.5, 0.6) is 5.75 Å². The molecule has 0 aliphatic carbocycles. The highest BCUT2D eigenvalue weighted by molar-refractivity contribution is 5.95. The summed E-state index contributed by atoms with van der Waals surface area (Å²) in [5, 5.41) is 11.4. The molecule has 1 N–H and O–H groups in total. The Morgan fingerprint density at radius 2 is 1.77 bits per heavy atom. The topological polar surface area (TPSA) is 88.4 Å². The summed E-state index contributed by atoms with van der Waals surface area (Å²) in [7, 11) is 0. The minimum absolute atomic E-state index is 0.211. The maximum atomic E-state index is 12.9. The fraction of sp³-hybridized carbons (Fsp3) is 0.0870. The first-order valence-corrected chi connectivity index (χ1v) is 8.98. The molecule has 3 rings (SSSR count). The van der Waals surface area contributed by atoms with Gasteiger partial charge in [-0.05, 0) is 54.1 Å². The number of nitriles is 1. The number of hydrogen-bond acceptors (Lipinski definition) is 5. The zero-order valence-electron chi connectivity index (χ0n) is 15.8. The van der Waals surface area contributed by atoms with E-state index in [1.54, 1.807) is 48.5 Å². The summed E-state index contributed by atoms with van der Waals surface area (Å²) in [6.07, 6.45) is 0. The molecule has 0 saturated carbocycles. The molecule has 0 radical (unpaired) electrons. The van der Waals surface area contributed by atoms with E-state index in [9.17, 15) is 14.0 Å². The number of nitrogens with one attached hydrogen (secondary N) is 1. The van der Waals surface area contributed by atoms with Gasteiger partial charge in [0.1, 0.15) is 18.2 Å². The molecule has 3 aromatic rings. The number of anilines is 1. The maximum absolute atomic E-state index is 12.9. The number of benzene rings is 3. The number of ether oxygens (including phenoxy) is 2. The molecular formula is C23H17FN2O4. The summed E-state index contributed by atoms with van der Waals surface area (Å²) in [6.45, 7) is -0.265. The van der Waals surface area contributed by atoms with Crippen molar-refractivity contribution in [1.29, 1.82) is 5.26 Å². The van der Waals surface area contributed by atoms with Crippen LogP contribution >= 0.6 is 0 Å². The standard InChI is InChI=1S/C23H17FN2O4/c24-19-9-7-16(8-10-19)14-29-21-6-2-4-18(12-21)23(28)30-15-22(27)26-20-5-1-3-17(11-20)13-25/h1-12H,14-15H2,(H,26,27). The minimum atomic E-state index is -0.678. The number of carbonyl (C=O) groups excluding carboxylic acids is 2. The summed E-state index contributed by atoms with van der Waals surface area (Å²) in [5.74, 6) is -1.10. The average Bonchev–Trinajstić information content (AvgIpc) is 2.77. The van der Waals surface area contributed by atoms with Gasteiger partial charge in [-0.1, -0.05) is 24.3 Å². The summed E-state index contributed by atoms with van der Waals surface area (Å²) in [4.78, 5) is 24.2. The number of carbonyl (C=O) groups is 2. The molecule has 0 heterocycles. The molecule has 7 heteroatoms. The first-order chi connectivity index (χ1) is 14.5. The van der Waals surface area contributed by atoms with Crippen LogP contribution in [-0.2, 0) is 16.1 Å². The highest BCUT2D eigenvalue weighted by Crippen LogP contribution is 2.16. The molecular weight excluding hydrogens is 387 g/mol. The molecule has 0 bridgehead atoms. The molecule has 0 aliphatic rings. The van der Waals surface area contributed by atoms with Gasteiger partial charge in [0.15, 0.2) is 6.61 Å². The van der Waals surface area contributed by atoms with E-state index < -0.39 is 18.5 Å². The van der Waals surface area contributed by atoms with Gasteiger partial charge in [0, 0.05) is 5.69 Å². The third kappa shape index (κ3) is 5.91. The number of halogens is 1. The van der Waals surface area contributed by atoms with E-state index >= 15 is 0 Å². The molecule has 1 amide bonds. The van der Waals surface area contributed by atoms with Crippen LogP contribution in [0.25, 0.3) is 0 Å². The lowest BCUT2D eigenvalue weighted by Crippen LogP contribution is -2.21. The third-order valence-corrected chi connectivity index (χ3v) is 4.00. The molecule has 6 nitrogen and oxygen atoms in total. The Labute approximate surface area is 172 Å². The molecule has 0 saturated heterocycles. The van der Waals surface area contributed by atoms with Crippen molar-refractivity contribution in [2.75, 3.05) is 11.9 Å². The number of amides is 1. The van der Waals surface area contributed by atoms with Crippen molar-refractivity contribution >= 4 is 17.6 Å². The first-order valence-electron chi connectivity index (χ1n) is 8.98. The molecule has 0 spiro atoms. The van der Waals surface area contributed by atoms with E-state index in [1.165, 1.54) is 24.3 Å². The zero-order valence-corrected chi connectivity index (χ0v) is 15.8. The SMILES string of the molecule is N#Cc1cccc(NC(=O)COC(=O)c2cccc(OCc3ccc(F)cc3)c2)c1. The van der Waals surface area contributed by atoms with Crippen molar-refractivity contribution in [2.24, 2.45) is 0 Å². The van der Waals surface area contributed by atoms with Crippen molar-refractivity contribution in [3.05, 3.63) is 95.3 Å². The van der Waals surface area contributed by atoms with Gasteiger partial charge in [-0.2, -0.15) is 5.26 Å². The van der Waals surface area contributed by atoms with Crippen molar-refractivity contribution < 1.29 is 23.5 Å². The van der Waals surface area contributed by atoms with Crippen LogP contribution in [0.1, 0.15) is 21.5 Å². The Morgan fingerprint density at radius 3 is 2.53 bits per heavy atom. The molecule has 0 unspecified atom stereocenters. The molecule has 0 aromatic heterocycles. The molecule has 0 aliphatic heterocycles. The van der Waals surface area contributed by atoms with Crippen LogP contribution < -0.4 is 10.1 Å². The summed E-state index contributed by atoms with van der Waals surface area (Å²) >= 11 is 0. The first kappa shape index (κ1) is 20.6. The van der Waals surface area contributed by atoms with E-state index in [-0.39, 0.29) is 18.0 Å². The molecule has 150 valence electrons. The Bertz CT molecular complexity index is 1090. The summed E-state index contributed by atoms with van der Waals surface area (Å²) in [5.41, 5.74) is 1.85. The third-order valence-electron chi connectivity index (χ3n) is 4.00. The van der Waals surface area contributed by atoms with Crippen LogP contribution in [0.2, 0.25) is 0 Å². The lowest BCUT2D eigenvalue weighted by atomic mass is 10.2. The van der Waals surface area contributed by atoms with Gasteiger partial charge >= 0.3 is 5.97 Å². The van der Waals surface area contributed by atoms with E-state index in [1.807, 2.05) is 6.07 Å². The van der Waals surface area contributed by atoms with Gasteiger partial charge in [0.25, 0.3) is 5.91 Å². The van der Waals surface area contributed by atoms with Crippen molar-refractivity contribution in [2.45, 2.75) is 6.61 Å². The molecule has 30 heavy (non-hydrogen) atoms. The Kier molecular flexibility index (Phi) is 6.74. The van der Waals surface area contributed by atoms with Crippen molar-refractivity contribution in [3.8, 4) is 11.8 Å². The number of rotatable bonds is 7.